The Morgan fingerprint density at radius 2 is 1.92 bits per heavy atom. The van der Waals surface area contributed by atoms with Gasteiger partial charge < -0.3 is 10.1 Å². The molecule has 2 aromatic carbocycles. The summed E-state index contributed by atoms with van der Waals surface area (Å²) in [6.45, 7) is -1.33. The number of alkyl halides is 2. The summed E-state index contributed by atoms with van der Waals surface area (Å²) in [5.74, 6) is -0.528. The maximum atomic E-state index is 12.2. The monoisotopic (exact) mass is 402 g/mol. The summed E-state index contributed by atoms with van der Waals surface area (Å²) in [5, 5.41) is 12.7. The first-order valence-electron chi connectivity index (χ1n) is 7.22. The van der Waals surface area contributed by atoms with Crippen molar-refractivity contribution in [2.75, 3.05) is 5.32 Å². The molecule has 0 aliphatic heterocycles. The van der Waals surface area contributed by atoms with Crippen molar-refractivity contribution >= 4 is 40.6 Å². The summed E-state index contributed by atoms with van der Waals surface area (Å²) in [4.78, 5) is 23.0. The molecule has 1 N–H and O–H groups in total. The van der Waals surface area contributed by atoms with E-state index in [1.807, 2.05) is 0 Å². The van der Waals surface area contributed by atoms with Gasteiger partial charge in [-0.2, -0.15) is 8.78 Å². The topological polar surface area (TPSA) is 81.5 Å². The SMILES string of the molecule is C[C@H](Sc1ccc([N+](=O)[O-])cc1)C(=O)Nc1ccc(OC(F)F)c(Cl)c1. The number of anilines is 1. The number of hydrogen-bond donors (Lipinski definition) is 1. The van der Waals surface area contributed by atoms with Crippen molar-refractivity contribution in [1.82, 2.24) is 0 Å². The third-order valence-electron chi connectivity index (χ3n) is 3.15. The molecule has 0 spiro atoms. The number of nitrogens with one attached hydrogen (secondary N) is 1. The van der Waals surface area contributed by atoms with Crippen molar-refractivity contribution in [3.05, 3.63) is 57.6 Å². The van der Waals surface area contributed by atoms with Crippen molar-refractivity contribution in [3.8, 4) is 5.75 Å². The number of nitro benzene ring substituents is 1. The molecule has 0 unspecified atom stereocenters. The Morgan fingerprint density at radius 3 is 2.46 bits per heavy atom. The van der Waals surface area contributed by atoms with Crippen LogP contribution >= 0.6 is 23.4 Å². The summed E-state index contributed by atoms with van der Waals surface area (Å²) in [6, 6.07) is 9.76. The fraction of sp³-hybridized carbons (Fsp3) is 0.188. The van der Waals surface area contributed by atoms with E-state index in [0.29, 0.717) is 10.6 Å². The summed E-state index contributed by atoms with van der Waals surface area (Å²) < 4.78 is 28.6. The van der Waals surface area contributed by atoms with Crippen molar-refractivity contribution in [1.29, 1.82) is 0 Å². The summed E-state index contributed by atoms with van der Waals surface area (Å²) in [5.41, 5.74) is 0.296. The first kappa shape index (κ1) is 19.9. The van der Waals surface area contributed by atoms with E-state index in [4.69, 9.17) is 11.6 Å². The Hall–Kier alpha value is -2.39. The van der Waals surface area contributed by atoms with Crippen LogP contribution in [0.4, 0.5) is 20.2 Å². The number of carbonyl (C=O) groups is 1. The standard InChI is InChI=1S/C16H13ClF2N2O4S/c1-9(26-12-5-3-11(4-6-12)21(23)24)15(22)20-10-2-7-14(13(17)8-10)25-16(18)19/h2-9,16H,1H3,(H,20,22)/t9-/m0/s1. The van der Waals surface area contributed by atoms with Crippen LogP contribution in [0.3, 0.4) is 0 Å². The van der Waals surface area contributed by atoms with E-state index >= 15 is 0 Å². The largest absolute Gasteiger partial charge is 0.433 e. The number of benzene rings is 2. The highest BCUT2D eigenvalue weighted by atomic mass is 35.5. The van der Waals surface area contributed by atoms with E-state index in [1.165, 1.54) is 42.1 Å². The van der Waals surface area contributed by atoms with E-state index in [1.54, 1.807) is 19.1 Å². The van der Waals surface area contributed by atoms with Crippen LogP contribution in [-0.4, -0.2) is 22.7 Å². The molecule has 0 fully saturated rings. The van der Waals surface area contributed by atoms with Gasteiger partial charge in [-0.1, -0.05) is 11.6 Å². The van der Waals surface area contributed by atoms with Gasteiger partial charge >= 0.3 is 6.61 Å². The van der Waals surface area contributed by atoms with E-state index in [-0.39, 0.29) is 22.4 Å². The lowest BCUT2D eigenvalue weighted by Crippen LogP contribution is -2.22. The molecule has 2 rings (SSSR count). The number of hydrogen-bond acceptors (Lipinski definition) is 5. The molecule has 0 aliphatic rings. The second-order valence-electron chi connectivity index (χ2n) is 5.02. The van der Waals surface area contributed by atoms with E-state index in [0.717, 1.165) is 0 Å². The molecule has 0 saturated carbocycles. The van der Waals surface area contributed by atoms with E-state index < -0.39 is 16.8 Å². The summed E-state index contributed by atoms with van der Waals surface area (Å²) >= 11 is 7.05. The maximum Gasteiger partial charge on any atom is 0.387 e. The second kappa shape index (κ2) is 8.81. The number of nitrogens with zero attached hydrogens (tertiary/aromatic N) is 1. The highest BCUT2D eigenvalue weighted by Crippen LogP contribution is 2.30. The van der Waals surface area contributed by atoms with Crippen LogP contribution in [0.15, 0.2) is 47.4 Å². The highest BCUT2D eigenvalue weighted by molar-refractivity contribution is 8.00. The number of amides is 1. The zero-order chi connectivity index (χ0) is 19.3. The predicted octanol–water partition coefficient (Wildman–Crippen LogP) is 4.97. The van der Waals surface area contributed by atoms with Gasteiger partial charge in [0.2, 0.25) is 5.91 Å². The molecule has 10 heteroatoms. The van der Waals surface area contributed by atoms with Gasteiger partial charge in [-0.3, -0.25) is 14.9 Å². The van der Waals surface area contributed by atoms with Crippen molar-refractivity contribution < 1.29 is 23.2 Å². The first-order valence-corrected chi connectivity index (χ1v) is 8.48. The molecular formula is C16H13ClF2N2O4S. The smallest absolute Gasteiger partial charge is 0.387 e. The molecular weight excluding hydrogens is 390 g/mol. The lowest BCUT2D eigenvalue weighted by molar-refractivity contribution is -0.384. The average molecular weight is 403 g/mol. The zero-order valence-electron chi connectivity index (χ0n) is 13.3. The Morgan fingerprint density at radius 1 is 1.27 bits per heavy atom. The van der Waals surface area contributed by atoms with E-state index in [2.05, 4.69) is 10.1 Å². The van der Waals surface area contributed by atoms with Crippen molar-refractivity contribution in [2.45, 2.75) is 23.7 Å². The molecule has 0 saturated heterocycles. The van der Waals surface area contributed by atoms with Gasteiger partial charge in [-0.15, -0.1) is 11.8 Å². The number of nitro groups is 1. The lowest BCUT2D eigenvalue weighted by atomic mass is 10.3. The molecule has 0 heterocycles. The van der Waals surface area contributed by atoms with Crippen LogP contribution in [0.1, 0.15) is 6.92 Å². The first-order chi connectivity index (χ1) is 12.3. The van der Waals surface area contributed by atoms with Crippen LogP contribution < -0.4 is 10.1 Å². The van der Waals surface area contributed by atoms with Gasteiger partial charge in [-0.05, 0) is 37.3 Å². The molecule has 138 valence electrons. The second-order valence-corrected chi connectivity index (χ2v) is 6.85. The number of non-ortho nitro benzene ring substituents is 1. The number of halogens is 3. The molecule has 1 atom stereocenters. The van der Waals surface area contributed by atoms with Crippen LogP contribution in [0.2, 0.25) is 5.02 Å². The molecule has 0 aliphatic carbocycles. The Labute approximate surface area is 156 Å². The van der Waals surface area contributed by atoms with Crippen molar-refractivity contribution in [2.24, 2.45) is 0 Å². The Kier molecular flexibility index (Phi) is 6.76. The van der Waals surface area contributed by atoms with Crippen LogP contribution in [0, 0.1) is 10.1 Å². The Balaban J connectivity index is 1.98. The van der Waals surface area contributed by atoms with Gasteiger partial charge in [0, 0.05) is 22.7 Å². The van der Waals surface area contributed by atoms with Crippen LogP contribution in [0.5, 0.6) is 5.75 Å². The van der Waals surface area contributed by atoms with E-state index in [9.17, 15) is 23.7 Å². The number of thioether (sulfide) groups is 1. The molecule has 0 radical (unpaired) electrons. The number of rotatable bonds is 7. The third-order valence-corrected chi connectivity index (χ3v) is 4.55. The molecule has 0 bridgehead atoms. The summed E-state index contributed by atoms with van der Waals surface area (Å²) in [7, 11) is 0. The molecule has 1 amide bonds. The Bertz CT molecular complexity index is 805. The predicted molar refractivity (Wildman–Crippen MR) is 95.1 cm³/mol. The zero-order valence-corrected chi connectivity index (χ0v) is 14.9. The third kappa shape index (κ3) is 5.57. The lowest BCUT2D eigenvalue weighted by Gasteiger charge is -2.13. The number of carbonyl (C=O) groups excluding carboxylic acids is 1. The fourth-order valence-electron chi connectivity index (χ4n) is 1.92. The molecule has 0 aromatic heterocycles. The molecule has 6 nitrogen and oxygen atoms in total. The van der Waals surface area contributed by atoms with Gasteiger partial charge in [-0.25, -0.2) is 0 Å². The molecule has 26 heavy (non-hydrogen) atoms. The average Bonchev–Trinajstić information content (AvgIpc) is 2.57. The van der Waals surface area contributed by atoms with Crippen LogP contribution in [0.25, 0.3) is 0 Å². The van der Waals surface area contributed by atoms with Crippen LogP contribution in [-0.2, 0) is 4.79 Å². The minimum atomic E-state index is -2.99. The normalized spacial score (nSPS) is 11.9. The van der Waals surface area contributed by atoms with Gasteiger partial charge in [0.05, 0.1) is 15.2 Å². The maximum absolute atomic E-state index is 12.2. The molecule has 2 aromatic rings. The minimum absolute atomic E-state index is 0.0350. The van der Waals surface area contributed by atoms with Gasteiger partial charge in [0.15, 0.2) is 0 Å². The fourth-order valence-corrected chi connectivity index (χ4v) is 3.01. The van der Waals surface area contributed by atoms with Gasteiger partial charge in [0.1, 0.15) is 5.75 Å². The van der Waals surface area contributed by atoms with Gasteiger partial charge in [0.25, 0.3) is 5.69 Å². The quantitative estimate of drug-likeness (QED) is 0.401. The number of ether oxygens (including phenoxy) is 1. The summed E-state index contributed by atoms with van der Waals surface area (Å²) in [6.07, 6.45) is 0. The highest BCUT2D eigenvalue weighted by Gasteiger charge is 2.16. The minimum Gasteiger partial charge on any atom is -0.433 e. The van der Waals surface area contributed by atoms with Crippen molar-refractivity contribution in [3.63, 3.8) is 0 Å².